The summed E-state index contributed by atoms with van der Waals surface area (Å²) in [6.07, 6.45) is 20.5. The van der Waals surface area contributed by atoms with Crippen LogP contribution in [0.4, 0.5) is 0 Å². The van der Waals surface area contributed by atoms with Crippen molar-refractivity contribution in [3.05, 3.63) is 0 Å². The molecule has 3 rings (SSSR count). The van der Waals surface area contributed by atoms with E-state index in [1.54, 1.807) is 0 Å². The molecule has 3 fully saturated rings. The maximum absolute atomic E-state index is 12.6. The molecule has 0 atom stereocenters. The standard InChI is InChI=1S/C24H43NO2/c1-2-3-4-5-6-9-20-10-16-23(17-11-20)27-24(26)21-12-14-22(15-13-21)25-18-7-8-19-25/h20-23H,2-19H2,1H3. The molecule has 2 saturated carbocycles. The fourth-order valence-corrected chi connectivity index (χ4v) is 5.62. The van der Waals surface area contributed by atoms with Crippen molar-refractivity contribution in [2.24, 2.45) is 11.8 Å². The summed E-state index contributed by atoms with van der Waals surface area (Å²) in [4.78, 5) is 15.3. The first-order chi connectivity index (χ1) is 13.3. The molecule has 0 amide bonds. The molecule has 156 valence electrons. The fourth-order valence-electron chi connectivity index (χ4n) is 5.62. The van der Waals surface area contributed by atoms with Gasteiger partial charge in [-0.1, -0.05) is 45.4 Å². The van der Waals surface area contributed by atoms with Crippen molar-refractivity contribution in [2.45, 2.75) is 122 Å². The van der Waals surface area contributed by atoms with E-state index in [4.69, 9.17) is 4.74 Å². The maximum Gasteiger partial charge on any atom is 0.309 e. The van der Waals surface area contributed by atoms with Gasteiger partial charge in [0.05, 0.1) is 5.92 Å². The van der Waals surface area contributed by atoms with Crippen LogP contribution in [0.25, 0.3) is 0 Å². The third kappa shape index (κ3) is 6.76. The second-order valence-corrected chi connectivity index (χ2v) is 9.53. The lowest BCUT2D eigenvalue weighted by atomic mass is 9.83. The summed E-state index contributed by atoms with van der Waals surface area (Å²) in [5.74, 6) is 1.19. The van der Waals surface area contributed by atoms with E-state index in [0.717, 1.165) is 37.6 Å². The summed E-state index contributed by atoms with van der Waals surface area (Å²) in [5.41, 5.74) is 0. The van der Waals surface area contributed by atoms with Crippen LogP contribution in [0, 0.1) is 11.8 Å². The highest BCUT2D eigenvalue weighted by molar-refractivity contribution is 5.72. The number of unbranched alkanes of at least 4 members (excludes halogenated alkanes) is 4. The molecule has 3 heteroatoms. The second kappa shape index (κ2) is 11.4. The number of esters is 1. The summed E-state index contributed by atoms with van der Waals surface area (Å²) in [6, 6.07) is 0.740. The van der Waals surface area contributed by atoms with Gasteiger partial charge in [0.25, 0.3) is 0 Å². The SMILES string of the molecule is CCCCCCCC1CCC(OC(=O)C2CCC(N3CCCC3)CC2)CC1. The van der Waals surface area contributed by atoms with Gasteiger partial charge in [-0.2, -0.15) is 0 Å². The summed E-state index contributed by atoms with van der Waals surface area (Å²) in [6.45, 7) is 4.84. The van der Waals surface area contributed by atoms with Crippen LogP contribution >= 0.6 is 0 Å². The number of likely N-dealkylation sites (tertiary alicyclic amines) is 1. The zero-order valence-corrected chi connectivity index (χ0v) is 17.8. The minimum atomic E-state index is 0.123. The van der Waals surface area contributed by atoms with Crippen LogP contribution in [0.1, 0.15) is 110 Å². The van der Waals surface area contributed by atoms with Crippen molar-refractivity contribution in [2.75, 3.05) is 13.1 Å². The van der Waals surface area contributed by atoms with Gasteiger partial charge in [-0.15, -0.1) is 0 Å². The van der Waals surface area contributed by atoms with Gasteiger partial charge >= 0.3 is 5.97 Å². The third-order valence-electron chi connectivity index (χ3n) is 7.48. The van der Waals surface area contributed by atoms with Crippen molar-refractivity contribution in [3.63, 3.8) is 0 Å². The van der Waals surface area contributed by atoms with Crippen LogP contribution in [-0.2, 0) is 9.53 Å². The zero-order valence-electron chi connectivity index (χ0n) is 17.8. The first-order valence-electron chi connectivity index (χ1n) is 12.2. The van der Waals surface area contributed by atoms with Crippen molar-refractivity contribution in [1.29, 1.82) is 0 Å². The average molecular weight is 378 g/mol. The number of hydrogen-bond donors (Lipinski definition) is 0. The number of hydrogen-bond acceptors (Lipinski definition) is 3. The Kier molecular flexibility index (Phi) is 8.96. The Morgan fingerprint density at radius 3 is 2.19 bits per heavy atom. The molecule has 0 N–H and O–H groups in total. The summed E-state index contributed by atoms with van der Waals surface area (Å²) >= 11 is 0. The van der Waals surface area contributed by atoms with E-state index in [2.05, 4.69) is 11.8 Å². The predicted octanol–water partition coefficient (Wildman–Crippen LogP) is 6.10. The minimum Gasteiger partial charge on any atom is -0.462 e. The number of carbonyl (C=O) groups excluding carboxylic acids is 1. The minimum absolute atomic E-state index is 0.123. The van der Waals surface area contributed by atoms with Crippen LogP contribution in [0.2, 0.25) is 0 Å². The normalized spacial score (nSPS) is 32.5. The van der Waals surface area contributed by atoms with E-state index in [1.165, 1.54) is 90.1 Å². The molecule has 1 aliphatic heterocycles. The van der Waals surface area contributed by atoms with Crippen LogP contribution in [0.3, 0.4) is 0 Å². The van der Waals surface area contributed by atoms with Crippen molar-refractivity contribution < 1.29 is 9.53 Å². The van der Waals surface area contributed by atoms with Crippen LogP contribution < -0.4 is 0 Å². The second-order valence-electron chi connectivity index (χ2n) is 9.53. The molecule has 0 aromatic rings. The van der Waals surface area contributed by atoms with Gasteiger partial charge in [-0.05, 0) is 83.2 Å². The summed E-state index contributed by atoms with van der Waals surface area (Å²) in [5, 5.41) is 0. The average Bonchev–Trinajstić information content (AvgIpc) is 3.24. The van der Waals surface area contributed by atoms with Crippen LogP contribution in [-0.4, -0.2) is 36.1 Å². The Morgan fingerprint density at radius 2 is 1.52 bits per heavy atom. The van der Waals surface area contributed by atoms with E-state index in [9.17, 15) is 4.79 Å². The van der Waals surface area contributed by atoms with Gasteiger partial charge in [-0.25, -0.2) is 0 Å². The molecule has 0 aromatic heterocycles. The van der Waals surface area contributed by atoms with E-state index in [-0.39, 0.29) is 18.0 Å². The van der Waals surface area contributed by atoms with Crippen molar-refractivity contribution in [3.8, 4) is 0 Å². The number of nitrogens with zero attached hydrogens (tertiary/aromatic N) is 1. The van der Waals surface area contributed by atoms with Crippen molar-refractivity contribution >= 4 is 5.97 Å². The van der Waals surface area contributed by atoms with Gasteiger partial charge in [0, 0.05) is 6.04 Å². The molecule has 3 aliphatic rings. The van der Waals surface area contributed by atoms with Crippen molar-refractivity contribution in [1.82, 2.24) is 4.90 Å². The number of ether oxygens (including phenoxy) is 1. The smallest absolute Gasteiger partial charge is 0.309 e. The van der Waals surface area contributed by atoms with Gasteiger partial charge in [-0.3, -0.25) is 4.79 Å². The van der Waals surface area contributed by atoms with E-state index in [1.807, 2.05) is 0 Å². The van der Waals surface area contributed by atoms with Gasteiger partial charge in [0.15, 0.2) is 0 Å². The Hall–Kier alpha value is -0.570. The molecule has 27 heavy (non-hydrogen) atoms. The van der Waals surface area contributed by atoms with Gasteiger partial charge in [0.1, 0.15) is 6.10 Å². The molecule has 0 spiro atoms. The molecule has 3 nitrogen and oxygen atoms in total. The topological polar surface area (TPSA) is 29.5 Å². The zero-order chi connectivity index (χ0) is 18.9. The maximum atomic E-state index is 12.6. The molecular weight excluding hydrogens is 334 g/mol. The Labute approximate surface area is 167 Å². The first-order valence-corrected chi connectivity index (χ1v) is 12.2. The molecule has 0 unspecified atom stereocenters. The van der Waals surface area contributed by atoms with E-state index in [0.29, 0.717) is 0 Å². The molecule has 2 aliphatic carbocycles. The van der Waals surface area contributed by atoms with E-state index >= 15 is 0 Å². The van der Waals surface area contributed by atoms with Crippen LogP contribution in [0.5, 0.6) is 0 Å². The van der Waals surface area contributed by atoms with E-state index < -0.39 is 0 Å². The molecular formula is C24H43NO2. The fraction of sp³-hybridized carbons (Fsp3) is 0.958. The summed E-state index contributed by atoms with van der Waals surface area (Å²) in [7, 11) is 0. The Balaban J connectivity index is 1.27. The Morgan fingerprint density at radius 1 is 0.852 bits per heavy atom. The summed E-state index contributed by atoms with van der Waals surface area (Å²) < 4.78 is 5.94. The Bertz CT molecular complexity index is 416. The van der Waals surface area contributed by atoms with Gasteiger partial charge < -0.3 is 9.64 Å². The lowest BCUT2D eigenvalue weighted by Gasteiger charge is -2.35. The molecule has 1 heterocycles. The molecule has 0 aromatic carbocycles. The lowest BCUT2D eigenvalue weighted by Crippen LogP contribution is -2.38. The highest BCUT2D eigenvalue weighted by atomic mass is 16.5. The molecule has 0 bridgehead atoms. The van der Waals surface area contributed by atoms with Gasteiger partial charge in [0.2, 0.25) is 0 Å². The number of carbonyl (C=O) groups is 1. The molecule has 0 radical (unpaired) electrons. The third-order valence-corrected chi connectivity index (χ3v) is 7.48. The van der Waals surface area contributed by atoms with Crippen LogP contribution in [0.15, 0.2) is 0 Å². The quantitative estimate of drug-likeness (QED) is 0.359. The predicted molar refractivity (Wildman–Crippen MR) is 112 cm³/mol. The molecule has 1 saturated heterocycles. The number of rotatable bonds is 9. The lowest BCUT2D eigenvalue weighted by molar-refractivity contribution is -0.157. The largest absolute Gasteiger partial charge is 0.462 e. The first kappa shape index (κ1) is 21.1. The highest BCUT2D eigenvalue weighted by Gasteiger charge is 2.33. The monoisotopic (exact) mass is 377 g/mol. The highest BCUT2D eigenvalue weighted by Crippen LogP contribution is 2.33.